The highest BCUT2D eigenvalue weighted by Crippen LogP contribution is 2.23. The molecule has 26 heavy (non-hydrogen) atoms. The molecule has 1 aliphatic heterocycles. The average Bonchev–Trinajstić information content (AvgIpc) is 2.60. The van der Waals surface area contributed by atoms with Crippen LogP contribution in [0.3, 0.4) is 0 Å². The SMILES string of the molecule is C[C@@H](C(=O)NCCCN1CCCCC1)N(c1ccc(Cl)cc1)S(C)(=O)=O. The van der Waals surface area contributed by atoms with Crippen molar-refractivity contribution in [1.29, 1.82) is 0 Å². The van der Waals surface area contributed by atoms with E-state index in [0.29, 0.717) is 17.3 Å². The average molecular weight is 402 g/mol. The van der Waals surface area contributed by atoms with Gasteiger partial charge in [0.15, 0.2) is 0 Å². The van der Waals surface area contributed by atoms with Gasteiger partial charge in [-0.15, -0.1) is 0 Å². The molecule has 8 heteroatoms. The molecule has 0 saturated carbocycles. The lowest BCUT2D eigenvalue weighted by molar-refractivity contribution is -0.121. The third-order valence-electron chi connectivity index (χ3n) is 4.57. The number of sulfonamides is 1. The zero-order chi connectivity index (χ0) is 19.2. The van der Waals surface area contributed by atoms with Crippen LogP contribution in [0.15, 0.2) is 24.3 Å². The summed E-state index contributed by atoms with van der Waals surface area (Å²) < 4.78 is 25.5. The first-order chi connectivity index (χ1) is 12.3. The molecule has 1 aromatic rings. The fourth-order valence-electron chi connectivity index (χ4n) is 3.24. The first-order valence-corrected chi connectivity index (χ1v) is 11.3. The zero-order valence-corrected chi connectivity index (χ0v) is 17.0. The van der Waals surface area contributed by atoms with Crippen LogP contribution in [0.1, 0.15) is 32.6 Å². The van der Waals surface area contributed by atoms with E-state index >= 15 is 0 Å². The van der Waals surface area contributed by atoms with Crippen LogP contribution < -0.4 is 9.62 Å². The monoisotopic (exact) mass is 401 g/mol. The van der Waals surface area contributed by atoms with E-state index in [4.69, 9.17) is 11.6 Å². The Balaban J connectivity index is 1.91. The maximum Gasteiger partial charge on any atom is 0.243 e. The second-order valence-electron chi connectivity index (χ2n) is 6.76. The number of benzene rings is 1. The van der Waals surface area contributed by atoms with E-state index in [1.54, 1.807) is 31.2 Å². The van der Waals surface area contributed by atoms with Crippen LogP contribution in [0, 0.1) is 0 Å². The third-order valence-corrected chi connectivity index (χ3v) is 6.06. The molecule has 1 aliphatic rings. The van der Waals surface area contributed by atoms with Gasteiger partial charge in [-0.1, -0.05) is 18.0 Å². The molecule has 0 aliphatic carbocycles. The number of nitrogens with zero attached hydrogens (tertiary/aromatic N) is 2. The van der Waals surface area contributed by atoms with Crippen molar-refractivity contribution in [1.82, 2.24) is 10.2 Å². The van der Waals surface area contributed by atoms with Crippen LogP contribution in [-0.4, -0.2) is 57.7 Å². The Hall–Kier alpha value is -1.31. The molecule has 1 fully saturated rings. The number of hydrogen-bond acceptors (Lipinski definition) is 4. The Kier molecular flexibility index (Phi) is 7.73. The summed E-state index contributed by atoms with van der Waals surface area (Å²) in [6, 6.07) is 5.59. The minimum absolute atomic E-state index is 0.302. The molecular weight excluding hydrogens is 374 g/mol. The van der Waals surface area contributed by atoms with Crippen molar-refractivity contribution < 1.29 is 13.2 Å². The third kappa shape index (κ3) is 6.14. The predicted molar refractivity (Wildman–Crippen MR) is 106 cm³/mol. The highest BCUT2D eigenvalue weighted by molar-refractivity contribution is 7.92. The number of amides is 1. The number of rotatable bonds is 8. The largest absolute Gasteiger partial charge is 0.354 e. The Morgan fingerprint density at radius 1 is 1.23 bits per heavy atom. The minimum Gasteiger partial charge on any atom is -0.354 e. The molecular formula is C18H28ClN3O3S. The van der Waals surface area contributed by atoms with Crippen LogP contribution in [0.25, 0.3) is 0 Å². The lowest BCUT2D eigenvalue weighted by Crippen LogP contribution is -2.48. The van der Waals surface area contributed by atoms with Crippen molar-refractivity contribution in [3.05, 3.63) is 29.3 Å². The Labute approximate surface area is 161 Å². The summed E-state index contributed by atoms with van der Waals surface area (Å²) in [4.78, 5) is 14.9. The summed E-state index contributed by atoms with van der Waals surface area (Å²) in [5, 5.41) is 3.37. The Morgan fingerprint density at radius 2 is 1.85 bits per heavy atom. The topological polar surface area (TPSA) is 69.7 Å². The molecule has 0 bridgehead atoms. The van der Waals surface area contributed by atoms with Gasteiger partial charge < -0.3 is 10.2 Å². The summed E-state index contributed by atoms with van der Waals surface area (Å²) in [7, 11) is -3.60. The van der Waals surface area contributed by atoms with Crippen LogP contribution in [0.5, 0.6) is 0 Å². The number of carbonyl (C=O) groups is 1. The van der Waals surface area contributed by atoms with Crippen LogP contribution in [0.4, 0.5) is 5.69 Å². The molecule has 1 N–H and O–H groups in total. The number of halogens is 1. The maximum absolute atomic E-state index is 12.5. The van der Waals surface area contributed by atoms with E-state index in [9.17, 15) is 13.2 Å². The van der Waals surface area contributed by atoms with E-state index in [1.165, 1.54) is 19.3 Å². The van der Waals surface area contributed by atoms with E-state index in [2.05, 4.69) is 10.2 Å². The van der Waals surface area contributed by atoms with Crippen molar-refractivity contribution in [2.24, 2.45) is 0 Å². The smallest absolute Gasteiger partial charge is 0.243 e. The van der Waals surface area contributed by atoms with Crippen LogP contribution in [-0.2, 0) is 14.8 Å². The second-order valence-corrected chi connectivity index (χ2v) is 9.05. The van der Waals surface area contributed by atoms with Gasteiger partial charge in [-0.25, -0.2) is 8.42 Å². The van der Waals surface area contributed by atoms with Crippen molar-refractivity contribution in [2.45, 2.75) is 38.6 Å². The summed E-state index contributed by atoms with van der Waals surface area (Å²) >= 11 is 5.87. The number of likely N-dealkylation sites (tertiary alicyclic amines) is 1. The van der Waals surface area contributed by atoms with Crippen LogP contribution >= 0.6 is 11.6 Å². The Morgan fingerprint density at radius 3 is 2.42 bits per heavy atom. The van der Waals surface area contributed by atoms with Crippen molar-refractivity contribution in [3.8, 4) is 0 Å². The molecule has 1 heterocycles. The molecule has 6 nitrogen and oxygen atoms in total. The normalized spacial score (nSPS) is 16.9. The number of piperidine rings is 1. The predicted octanol–water partition coefficient (Wildman–Crippen LogP) is 2.49. The first kappa shape index (κ1) is 21.0. The standard InChI is InChI=1S/C18H28ClN3O3S/c1-15(18(23)20-11-6-14-21-12-4-3-5-13-21)22(26(2,24)25)17-9-7-16(19)8-10-17/h7-10,15H,3-6,11-14H2,1-2H3,(H,20,23)/t15-/m0/s1. The molecule has 1 atom stereocenters. The maximum atomic E-state index is 12.5. The quantitative estimate of drug-likeness (QED) is 0.679. The molecule has 0 aromatic heterocycles. The Bertz CT molecular complexity index is 688. The summed E-state index contributed by atoms with van der Waals surface area (Å²) in [6.07, 6.45) is 5.75. The summed E-state index contributed by atoms with van der Waals surface area (Å²) in [5.41, 5.74) is 0.424. The molecule has 0 radical (unpaired) electrons. The fraction of sp³-hybridized carbons (Fsp3) is 0.611. The van der Waals surface area contributed by atoms with E-state index in [-0.39, 0.29) is 5.91 Å². The molecule has 2 rings (SSSR count). The number of anilines is 1. The molecule has 1 saturated heterocycles. The van der Waals surface area contributed by atoms with Gasteiger partial charge in [0, 0.05) is 11.6 Å². The van der Waals surface area contributed by atoms with E-state index in [1.807, 2.05) is 0 Å². The first-order valence-electron chi connectivity index (χ1n) is 9.04. The lowest BCUT2D eigenvalue weighted by Gasteiger charge is -2.29. The number of hydrogen-bond donors (Lipinski definition) is 1. The van der Waals surface area contributed by atoms with Gasteiger partial charge in [-0.05, 0) is 70.1 Å². The van der Waals surface area contributed by atoms with Gasteiger partial charge in [-0.3, -0.25) is 9.10 Å². The van der Waals surface area contributed by atoms with Gasteiger partial charge >= 0.3 is 0 Å². The fourth-order valence-corrected chi connectivity index (χ4v) is 4.54. The lowest BCUT2D eigenvalue weighted by atomic mass is 10.1. The summed E-state index contributed by atoms with van der Waals surface area (Å²) in [6.45, 7) is 5.35. The van der Waals surface area contributed by atoms with Crippen molar-refractivity contribution in [3.63, 3.8) is 0 Å². The van der Waals surface area contributed by atoms with Crippen molar-refractivity contribution >= 4 is 33.2 Å². The van der Waals surface area contributed by atoms with Crippen LogP contribution in [0.2, 0.25) is 5.02 Å². The van der Waals surface area contributed by atoms with Gasteiger partial charge in [0.25, 0.3) is 0 Å². The second kappa shape index (κ2) is 9.58. The number of nitrogens with one attached hydrogen (secondary N) is 1. The van der Waals surface area contributed by atoms with Crippen molar-refractivity contribution in [2.75, 3.05) is 36.7 Å². The molecule has 0 spiro atoms. The molecule has 146 valence electrons. The minimum atomic E-state index is -3.60. The van der Waals surface area contributed by atoms with E-state index in [0.717, 1.165) is 36.6 Å². The zero-order valence-electron chi connectivity index (χ0n) is 15.4. The van der Waals surface area contributed by atoms with Gasteiger partial charge in [0.2, 0.25) is 15.9 Å². The highest BCUT2D eigenvalue weighted by Gasteiger charge is 2.28. The highest BCUT2D eigenvalue weighted by atomic mass is 35.5. The molecule has 0 unspecified atom stereocenters. The number of carbonyl (C=O) groups excluding carboxylic acids is 1. The summed E-state index contributed by atoms with van der Waals surface area (Å²) in [5.74, 6) is -0.302. The van der Waals surface area contributed by atoms with E-state index < -0.39 is 16.1 Å². The molecule has 1 aromatic carbocycles. The van der Waals surface area contributed by atoms with Gasteiger partial charge in [-0.2, -0.15) is 0 Å². The molecule has 1 amide bonds. The van der Waals surface area contributed by atoms with Gasteiger partial charge in [0.05, 0.1) is 11.9 Å². The van der Waals surface area contributed by atoms with Gasteiger partial charge in [0.1, 0.15) is 6.04 Å².